The highest BCUT2D eigenvalue weighted by Crippen LogP contribution is 2.42. The summed E-state index contributed by atoms with van der Waals surface area (Å²) in [6.07, 6.45) is -0.518. The van der Waals surface area contributed by atoms with Crippen molar-refractivity contribution < 1.29 is 21.6 Å². The number of anilines is 2. The maximum absolute atomic E-state index is 14.0. The molecule has 37 heavy (non-hydrogen) atoms. The molecule has 5 rings (SSSR count). The molecular formula is C24H26F3N7O2S. The zero-order valence-electron chi connectivity index (χ0n) is 20.3. The van der Waals surface area contributed by atoms with Crippen LogP contribution in [0.2, 0.25) is 0 Å². The van der Waals surface area contributed by atoms with Crippen molar-refractivity contribution in [3.05, 3.63) is 35.7 Å². The largest absolute Gasteiger partial charge is 0.419 e. The van der Waals surface area contributed by atoms with Crippen molar-refractivity contribution in [2.24, 2.45) is 0 Å². The lowest BCUT2D eigenvalue weighted by atomic mass is 9.91. The van der Waals surface area contributed by atoms with Crippen molar-refractivity contribution in [1.82, 2.24) is 20.3 Å². The quantitative estimate of drug-likeness (QED) is 0.463. The molecule has 196 valence electrons. The number of rotatable bonds is 4. The first kappa shape index (κ1) is 25.3. The minimum atomic E-state index is -4.72. The summed E-state index contributed by atoms with van der Waals surface area (Å²) in [5, 5.41) is 16.5. The van der Waals surface area contributed by atoms with Gasteiger partial charge in [0.1, 0.15) is 11.6 Å². The fraction of sp³-hybridized carbons (Fsp3) is 0.458. The molecule has 0 amide bonds. The van der Waals surface area contributed by atoms with E-state index < -0.39 is 21.8 Å². The first-order valence-corrected chi connectivity index (χ1v) is 13.5. The summed E-state index contributed by atoms with van der Waals surface area (Å²) < 4.78 is 68.4. The van der Waals surface area contributed by atoms with Gasteiger partial charge in [-0.15, -0.1) is 0 Å². The Kier molecular flexibility index (Phi) is 6.07. The van der Waals surface area contributed by atoms with Crippen LogP contribution in [0.1, 0.15) is 44.2 Å². The molecule has 1 aromatic carbocycles. The molecular weight excluding hydrogens is 507 g/mol. The van der Waals surface area contributed by atoms with Gasteiger partial charge in [-0.25, -0.2) is 18.4 Å². The van der Waals surface area contributed by atoms with Crippen molar-refractivity contribution in [3.63, 3.8) is 0 Å². The average molecular weight is 534 g/mol. The monoisotopic (exact) mass is 533 g/mol. The summed E-state index contributed by atoms with van der Waals surface area (Å²) in [6.45, 7) is 4.98. The van der Waals surface area contributed by atoms with Gasteiger partial charge in [0.05, 0.1) is 28.2 Å². The predicted octanol–water partition coefficient (Wildman–Crippen LogP) is 4.00. The summed E-state index contributed by atoms with van der Waals surface area (Å²) >= 11 is 0. The van der Waals surface area contributed by atoms with Gasteiger partial charge in [-0.05, 0) is 39.2 Å². The van der Waals surface area contributed by atoms with Gasteiger partial charge in [0.2, 0.25) is 16.0 Å². The molecule has 0 saturated carbocycles. The molecule has 1 atom stereocenters. The van der Waals surface area contributed by atoms with Crippen LogP contribution in [0.3, 0.4) is 0 Å². The number of nitriles is 1. The summed E-state index contributed by atoms with van der Waals surface area (Å²) in [6, 6.07) is 4.88. The van der Waals surface area contributed by atoms with E-state index in [1.54, 1.807) is 0 Å². The van der Waals surface area contributed by atoms with Gasteiger partial charge in [-0.3, -0.25) is 4.31 Å². The average Bonchev–Trinajstić information content (AvgIpc) is 3.41. The van der Waals surface area contributed by atoms with Crippen LogP contribution in [0.5, 0.6) is 0 Å². The number of halogens is 3. The van der Waals surface area contributed by atoms with E-state index in [0.29, 0.717) is 18.4 Å². The molecule has 0 radical (unpaired) electrons. The minimum absolute atomic E-state index is 0.0167. The molecule has 9 nitrogen and oxygen atoms in total. The zero-order chi connectivity index (χ0) is 26.6. The molecule has 13 heteroatoms. The minimum Gasteiger partial charge on any atom is -0.359 e. The van der Waals surface area contributed by atoms with Crippen LogP contribution in [0.25, 0.3) is 22.2 Å². The molecule has 0 bridgehead atoms. The van der Waals surface area contributed by atoms with Crippen LogP contribution in [-0.2, 0) is 16.2 Å². The smallest absolute Gasteiger partial charge is 0.359 e. The number of nitrogens with one attached hydrogen (secondary N) is 3. The molecule has 4 heterocycles. The van der Waals surface area contributed by atoms with E-state index in [1.807, 2.05) is 6.07 Å². The second-order valence-corrected chi connectivity index (χ2v) is 12.1. The zero-order valence-corrected chi connectivity index (χ0v) is 21.1. The van der Waals surface area contributed by atoms with Gasteiger partial charge < -0.3 is 15.6 Å². The Morgan fingerprint density at radius 1 is 1.30 bits per heavy atom. The molecule has 2 aromatic heterocycles. The molecule has 2 fully saturated rings. The fourth-order valence-electron chi connectivity index (χ4n) is 4.91. The maximum atomic E-state index is 14.0. The molecule has 2 aliphatic heterocycles. The first-order chi connectivity index (χ1) is 17.4. The number of aromatic amines is 1. The summed E-state index contributed by atoms with van der Waals surface area (Å²) in [4.78, 5) is 11.1. The molecule has 2 aliphatic rings. The van der Waals surface area contributed by atoms with Crippen molar-refractivity contribution >= 4 is 32.6 Å². The van der Waals surface area contributed by atoms with Crippen LogP contribution >= 0.6 is 0 Å². The number of sulfonamides is 1. The number of aromatic nitrogens is 3. The van der Waals surface area contributed by atoms with Crippen LogP contribution in [0, 0.1) is 11.3 Å². The lowest BCUT2D eigenvalue weighted by Gasteiger charge is -2.36. The van der Waals surface area contributed by atoms with Crippen LogP contribution in [0.15, 0.2) is 24.5 Å². The van der Waals surface area contributed by atoms with E-state index in [-0.39, 0.29) is 57.9 Å². The predicted molar refractivity (Wildman–Crippen MR) is 134 cm³/mol. The van der Waals surface area contributed by atoms with E-state index in [9.17, 15) is 26.9 Å². The van der Waals surface area contributed by atoms with Crippen molar-refractivity contribution in [1.29, 1.82) is 5.26 Å². The number of hydrogen-bond donors (Lipinski definition) is 3. The molecule has 3 N–H and O–H groups in total. The SMILES string of the molecule is CC1(C)CC[C@H](Nc2ncc(C(F)(F)F)c(-c3c[nH]c4c(N5CCCS5(=O)=O)c(C#N)ccc34)n2)CN1. The van der Waals surface area contributed by atoms with E-state index >= 15 is 0 Å². The summed E-state index contributed by atoms with van der Waals surface area (Å²) in [5.41, 5.74) is -0.711. The number of nitrogens with zero attached hydrogens (tertiary/aromatic N) is 4. The third-order valence-electron chi connectivity index (χ3n) is 6.93. The fourth-order valence-corrected chi connectivity index (χ4v) is 6.50. The number of hydrogen-bond acceptors (Lipinski definition) is 7. The number of fused-ring (bicyclic) bond motifs is 1. The summed E-state index contributed by atoms with van der Waals surface area (Å²) in [5.74, 6) is 0.00798. The normalized spacial score (nSPS) is 21.2. The van der Waals surface area contributed by atoms with Gasteiger partial charge in [0.15, 0.2) is 0 Å². The highest BCUT2D eigenvalue weighted by Gasteiger charge is 2.37. The molecule has 3 aromatic rings. The van der Waals surface area contributed by atoms with Gasteiger partial charge >= 0.3 is 6.18 Å². The highest BCUT2D eigenvalue weighted by molar-refractivity contribution is 7.93. The van der Waals surface area contributed by atoms with Crippen molar-refractivity contribution in [2.45, 2.75) is 50.9 Å². The second-order valence-electron chi connectivity index (χ2n) is 10.0. The number of benzene rings is 1. The Morgan fingerprint density at radius 3 is 2.70 bits per heavy atom. The van der Waals surface area contributed by atoms with E-state index in [2.05, 4.69) is 39.4 Å². The maximum Gasteiger partial charge on any atom is 0.419 e. The molecule has 0 aliphatic carbocycles. The van der Waals surface area contributed by atoms with E-state index in [4.69, 9.17) is 0 Å². The van der Waals surface area contributed by atoms with Gasteiger partial charge in [-0.1, -0.05) is 6.07 Å². The van der Waals surface area contributed by atoms with Gasteiger partial charge in [0, 0.05) is 48.0 Å². The van der Waals surface area contributed by atoms with Crippen molar-refractivity contribution in [3.8, 4) is 17.3 Å². The van der Waals surface area contributed by atoms with Crippen LogP contribution in [0.4, 0.5) is 24.8 Å². The Balaban J connectivity index is 1.61. The Labute approximate surface area is 212 Å². The van der Waals surface area contributed by atoms with E-state index in [0.717, 1.165) is 23.3 Å². The lowest BCUT2D eigenvalue weighted by Crippen LogP contribution is -2.50. The molecule has 2 saturated heterocycles. The van der Waals surface area contributed by atoms with Crippen molar-refractivity contribution in [2.75, 3.05) is 28.5 Å². The van der Waals surface area contributed by atoms with Crippen LogP contribution < -0.4 is 14.9 Å². The highest BCUT2D eigenvalue weighted by atomic mass is 32.2. The van der Waals surface area contributed by atoms with Crippen LogP contribution in [-0.4, -0.2) is 53.8 Å². The summed E-state index contributed by atoms with van der Waals surface area (Å²) in [7, 11) is -3.64. The number of alkyl halides is 3. The lowest BCUT2D eigenvalue weighted by molar-refractivity contribution is -0.137. The van der Waals surface area contributed by atoms with E-state index in [1.165, 1.54) is 18.3 Å². The standard InChI is InChI=1S/C24H26F3N7O2S/c1-23(2)7-6-15(11-31-23)32-22-30-13-18(24(25,26)27)19(33-22)17-12-29-20-16(17)5-4-14(10-28)21(20)34-8-3-9-37(34,35)36/h4-5,12-13,15,29,31H,3,6-9,11H2,1-2H3,(H,30,32,33)/t15-/m0/s1. The van der Waals surface area contributed by atoms with Gasteiger partial charge in [0.25, 0.3) is 0 Å². The number of H-pyrrole nitrogens is 1. The Morgan fingerprint density at radius 2 is 2.08 bits per heavy atom. The molecule has 0 spiro atoms. The Bertz CT molecular complexity index is 1500. The third-order valence-corrected chi connectivity index (χ3v) is 8.77. The topological polar surface area (TPSA) is 127 Å². The Hall–Kier alpha value is -3.37. The molecule has 0 unspecified atom stereocenters. The third kappa shape index (κ3) is 4.71. The van der Waals surface area contributed by atoms with Gasteiger partial charge in [-0.2, -0.15) is 18.4 Å². The first-order valence-electron chi connectivity index (χ1n) is 11.9. The second kappa shape index (κ2) is 8.88. The number of piperidine rings is 1.